The molecule has 0 bridgehead atoms. The van der Waals surface area contributed by atoms with Gasteiger partial charge < -0.3 is 10.6 Å². The minimum absolute atomic E-state index is 0. The van der Waals surface area contributed by atoms with Crippen molar-refractivity contribution in [3.63, 3.8) is 0 Å². The molecule has 0 fully saturated rings. The van der Waals surface area contributed by atoms with E-state index in [1.54, 1.807) is 25.2 Å². The first-order chi connectivity index (χ1) is 6.65. The van der Waals surface area contributed by atoms with Crippen LogP contribution in [-0.2, 0) is 4.79 Å². The van der Waals surface area contributed by atoms with Crippen molar-refractivity contribution in [1.82, 2.24) is 5.32 Å². The van der Waals surface area contributed by atoms with Gasteiger partial charge in [-0.3, -0.25) is 4.79 Å². The summed E-state index contributed by atoms with van der Waals surface area (Å²) in [6.07, 6.45) is 0. The predicted octanol–water partition coefficient (Wildman–Crippen LogP) is 2.57. The highest BCUT2D eigenvalue weighted by Gasteiger charge is 2.07. The molecule has 0 radical (unpaired) electrons. The minimum Gasteiger partial charge on any atom is -0.322 e. The third-order valence-corrected chi connectivity index (χ3v) is 2.19. The van der Waals surface area contributed by atoms with E-state index in [0.29, 0.717) is 15.7 Å². The van der Waals surface area contributed by atoms with E-state index in [1.165, 1.54) is 0 Å². The summed E-state index contributed by atoms with van der Waals surface area (Å²) in [5, 5.41) is 6.21. The standard InChI is InChI=1S/C9H10Cl2N2O.ClH/c1-12-5-8(14)13-9-6(10)3-2-4-7(9)11;/h2-4,12H,5H2,1H3,(H,13,14);1H. The fraction of sp³-hybridized carbons (Fsp3) is 0.222. The molecule has 1 rings (SSSR count). The molecule has 1 amide bonds. The Bertz CT molecular complexity index is 324. The number of hydrogen-bond acceptors (Lipinski definition) is 2. The molecule has 0 spiro atoms. The normalized spacial score (nSPS) is 9.27. The molecule has 0 aromatic heterocycles. The van der Waals surface area contributed by atoms with Gasteiger partial charge in [-0.15, -0.1) is 12.4 Å². The number of carbonyl (C=O) groups is 1. The molecule has 15 heavy (non-hydrogen) atoms. The summed E-state index contributed by atoms with van der Waals surface area (Å²) < 4.78 is 0. The van der Waals surface area contributed by atoms with E-state index >= 15 is 0 Å². The molecule has 0 aliphatic carbocycles. The van der Waals surface area contributed by atoms with Gasteiger partial charge in [-0.25, -0.2) is 0 Å². The molecule has 2 N–H and O–H groups in total. The van der Waals surface area contributed by atoms with Crippen LogP contribution in [0.3, 0.4) is 0 Å². The Hall–Kier alpha value is -0.480. The average molecular weight is 270 g/mol. The second-order valence-corrected chi connectivity index (χ2v) is 3.49. The number of halogens is 3. The van der Waals surface area contributed by atoms with Crippen molar-refractivity contribution >= 4 is 47.2 Å². The van der Waals surface area contributed by atoms with Gasteiger partial charge in [0.05, 0.1) is 22.3 Å². The summed E-state index contributed by atoms with van der Waals surface area (Å²) in [5.41, 5.74) is 0.455. The second-order valence-electron chi connectivity index (χ2n) is 2.68. The van der Waals surface area contributed by atoms with E-state index in [4.69, 9.17) is 23.2 Å². The summed E-state index contributed by atoms with van der Waals surface area (Å²) in [6, 6.07) is 5.06. The zero-order chi connectivity index (χ0) is 10.6. The summed E-state index contributed by atoms with van der Waals surface area (Å²) in [6.45, 7) is 0.224. The molecular weight excluding hydrogens is 258 g/mol. The summed E-state index contributed by atoms with van der Waals surface area (Å²) >= 11 is 11.7. The number of benzene rings is 1. The lowest BCUT2D eigenvalue weighted by atomic mass is 10.3. The Morgan fingerprint density at radius 3 is 2.33 bits per heavy atom. The number of amides is 1. The smallest absolute Gasteiger partial charge is 0.238 e. The van der Waals surface area contributed by atoms with Crippen LogP contribution < -0.4 is 10.6 Å². The first-order valence-corrected chi connectivity index (χ1v) is 4.79. The summed E-state index contributed by atoms with van der Waals surface area (Å²) in [4.78, 5) is 11.2. The van der Waals surface area contributed by atoms with Crippen LogP contribution in [-0.4, -0.2) is 19.5 Å². The van der Waals surface area contributed by atoms with Gasteiger partial charge in [-0.2, -0.15) is 0 Å². The SMILES string of the molecule is CNCC(=O)Nc1c(Cl)cccc1Cl.Cl. The van der Waals surface area contributed by atoms with Crippen molar-refractivity contribution in [3.05, 3.63) is 28.2 Å². The number of likely N-dealkylation sites (N-methyl/N-ethyl adjacent to an activating group) is 1. The van der Waals surface area contributed by atoms with E-state index < -0.39 is 0 Å². The van der Waals surface area contributed by atoms with Crippen LogP contribution in [0.4, 0.5) is 5.69 Å². The van der Waals surface area contributed by atoms with E-state index in [2.05, 4.69) is 10.6 Å². The van der Waals surface area contributed by atoms with Crippen LogP contribution >= 0.6 is 35.6 Å². The van der Waals surface area contributed by atoms with Gasteiger partial charge in [0.15, 0.2) is 0 Å². The van der Waals surface area contributed by atoms with Crippen molar-refractivity contribution in [2.45, 2.75) is 0 Å². The van der Waals surface area contributed by atoms with E-state index in [-0.39, 0.29) is 24.9 Å². The van der Waals surface area contributed by atoms with E-state index in [9.17, 15) is 4.79 Å². The van der Waals surface area contributed by atoms with Crippen molar-refractivity contribution in [2.24, 2.45) is 0 Å². The van der Waals surface area contributed by atoms with Gasteiger partial charge in [-0.1, -0.05) is 29.3 Å². The number of anilines is 1. The number of hydrogen-bond donors (Lipinski definition) is 2. The Morgan fingerprint density at radius 1 is 1.33 bits per heavy atom. The fourth-order valence-electron chi connectivity index (χ4n) is 0.961. The Kier molecular flexibility index (Phi) is 6.68. The van der Waals surface area contributed by atoms with Crippen LogP contribution in [0.25, 0.3) is 0 Å². The zero-order valence-electron chi connectivity index (χ0n) is 8.01. The maximum absolute atomic E-state index is 11.2. The van der Waals surface area contributed by atoms with Crippen LogP contribution in [0, 0.1) is 0 Å². The molecule has 0 unspecified atom stereocenters. The van der Waals surface area contributed by atoms with Crippen molar-refractivity contribution in [3.8, 4) is 0 Å². The Labute approximate surface area is 105 Å². The lowest BCUT2D eigenvalue weighted by Gasteiger charge is -2.08. The van der Waals surface area contributed by atoms with Crippen LogP contribution in [0.15, 0.2) is 18.2 Å². The molecule has 0 aliphatic heterocycles. The van der Waals surface area contributed by atoms with Crippen LogP contribution in [0.5, 0.6) is 0 Å². The third-order valence-electron chi connectivity index (χ3n) is 1.56. The largest absolute Gasteiger partial charge is 0.322 e. The molecule has 0 atom stereocenters. The number of nitrogens with one attached hydrogen (secondary N) is 2. The van der Waals surface area contributed by atoms with Crippen LogP contribution in [0.1, 0.15) is 0 Å². The molecular formula is C9H11Cl3N2O. The molecule has 1 aromatic rings. The molecule has 0 saturated heterocycles. The average Bonchev–Trinajstić information content (AvgIpc) is 2.12. The third kappa shape index (κ3) is 4.26. The maximum Gasteiger partial charge on any atom is 0.238 e. The number of para-hydroxylation sites is 1. The Morgan fingerprint density at radius 2 is 1.87 bits per heavy atom. The van der Waals surface area contributed by atoms with Gasteiger partial charge in [-0.05, 0) is 19.2 Å². The van der Waals surface area contributed by atoms with Gasteiger partial charge in [0.2, 0.25) is 5.91 Å². The van der Waals surface area contributed by atoms with Crippen LogP contribution in [0.2, 0.25) is 10.0 Å². The number of carbonyl (C=O) groups excluding carboxylic acids is 1. The monoisotopic (exact) mass is 268 g/mol. The first-order valence-electron chi connectivity index (χ1n) is 4.03. The Balaban J connectivity index is 0.00000196. The van der Waals surface area contributed by atoms with Gasteiger partial charge in [0.1, 0.15) is 0 Å². The quantitative estimate of drug-likeness (QED) is 0.885. The topological polar surface area (TPSA) is 41.1 Å². The molecule has 3 nitrogen and oxygen atoms in total. The van der Waals surface area contributed by atoms with Crippen molar-refractivity contribution in [2.75, 3.05) is 18.9 Å². The molecule has 6 heteroatoms. The predicted molar refractivity (Wildman–Crippen MR) is 66.3 cm³/mol. The van der Waals surface area contributed by atoms with E-state index in [1.807, 2.05) is 0 Å². The highest BCUT2D eigenvalue weighted by atomic mass is 35.5. The van der Waals surface area contributed by atoms with Gasteiger partial charge >= 0.3 is 0 Å². The molecule has 1 aromatic carbocycles. The zero-order valence-corrected chi connectivity index (χ0v) is 10.3. The highest BCUT2D eigenvalue weighted by Crippen LogP contribution is 2.29. The summed E-state index contributed by atoms with van der Waals surface area (Å²) in [7, 11) is 1.69. The molecule has 0 heterocycles. The van der Waals surface area contributed by atoms with Gasteiger partial charge in [0, 0.05) is 0 Å². The van der Waals surface area contributed by atoms with Gasteiger partial charge in [0.25, 0.3) is 0 Å². The first kappa shape index (κ1) is 14.5. The second kappa shape index (κ2) is 6.90. The summed E-state index contributed by atoms with van der Waals surface area (Å²) in [5.74, 6) is -0.178. The number of rotatable bonds is 3. The van der Waals surface area contributed by atoms with Crippen molar-refractivity contribution in [1.29, 1.82) is 0 Å². The maximum atomic E-state index is 11.2. The van der Waals surface area contributed by atoms with E-state index in [0.717, 1.165) is 0 Å². The lowest BCUT2D eigenvalue weighted by molar-refractivity contribution is -0.115. The van der Waals surface area contributed by atoms with Crippen molar-refractivity contribution < 1.29 is 4.79 Å². The highest BCUT2D eigenvalue weighted by molar-refractivity contribution is 6.39. The lowest BCUT2D eigenvalue weighted by Crippen LogP contribution is -2.25. The minimum atomic E-state index is -0.178. The molecule has 0 aliphatic rings. The molecule has 0 saturated carbocycles. The molecule has 84 valence electrons. The fourth-order valence-corrected chi connectivity index (χ4v) is 1.45.